The minimum absolute atomic E-state index is 0.141. The molecule has 0 radical (unpaired) electrons. The van der Waals surface area contributed by atoms with E-state index in [4.69, 9.17) is 4.74 Å². The van der Waals surface area contributed by atoms with Crippen molar-refractivity contribution in [2.24, 2.45) is 0 Å². The normalized spacial score (nSPS) is 16.3. The van der Waals surface area contributed by atoms with Gasteiger partial charge < -0.3 is 20.1 Å². The molecular formula is C19H21FN2O3. The molecule has 0 spiro atoms. The van der Waals surface area contributed by atoms with Crippen molar-refractivity contribution in [3.8, 4) is 5.75 Å². The highest BCUT2D eigenvalue weighted by Gasteiger charge is 2.29. The molecule has 25 heavy (non-hydrogen) atoms. The van der Waals surface area contributed by atoms with Crippen molar-refractivity contribution in [3.63, 3.8) is 0 Å². The third-order valence-corrected chi connectivity index (χ3v) is 4.46. The summed E-state index contributed by atoms with van der Waals surface area (Å²) in [7, 11) is 1.47. The summed E-state index contributed by atoms with van der Waals surface area (Å²) < 4.78 is 18.6. The zero-order chi connectivity index (χ0) is 17.8. The van der Waals surface area contributed by atoms with Crippen LogP contribution in [0.1, 0.15) is 22.7 Å². The minimum atomic E-state index is -0.413. The lowest BCUT2D eigenvalue weighted by atomic mass is 9.93. The van der Waals surface area contributed by atoms with E-state index in [1.165, 1.54) is 19.2 Å². The van der Waals surface area contributed by atoms with Crippen LogP contribution in [0.25, 0.3) is 0 Å². The summed E-state index contributed by atoms with van der Waals surface area (Å²) in [6.07, 6.45) is 0.744. The zero-order valence-electron chi connectivity index (χ0n) is 14.0. The quantitative estimate of drug-likeness (QED) is 0.896. The first kappa shape index (κ1) is 17.2. The number of fused-ring (bicyclic) bond motifs is 1. The fourth-order valence-corrected chi connectivity index (χ4v) is 3.21. The molecule has 2 aromatic carbocycles. The van der Waals surface area contributed by atoms with Gasteiger partial charge in [-0.1, -0.05) is 24.3 Å². The second-order valence-electron chi connectivity index (χ2n) is 6.00. The van der Waals surface area contributed by atoms with Crippen LogP contribution in [0.3, 0.4) is 0 Å². The molecule has 0 saturated heterocycles. The SMILES string of the molecule is COc1cc(F)cc(CNC(=O)N2CCc3ccccc3C2CO)c1. The van der Waals surface area contributed by atoms with Crippen LogP contribution in [0.2, 0.25) is 0 Å². The smallest absolute Gasteiger partial charge is 0.318 e. The lowest BCUT2D eigenvalue weighted by Crippen LogP contribution is -2.46. The van der Waals surface area contributed by atoms with E-state index in [9.17, 15) is 14.3 Å². The Kier molecular flexibility index (Phi) is 5.19. The number of aliphatic hydroxyl groups is 1. The summed E-state index contributed by atoms with van der Waals surface area (Å²) in [6.45, 7) is 0.571. The monoisotopic (exact) mass is 344 g/mol. The first-order valence-electron chi connectivity index (χ1n) is 8.19. The van der Waals surface area contributed by atoms with Gasteiger partial charge in [-0.2, -0.15) is 0 Å². The molecule has 6 heteroatoms. The Bertz CT molecular complexity index is 766. The van der Waals surface area contributed by atoms with Gasteiger partial charge in [-0.3, -0.25) is 0 Å². The largest absolute Gasteiger partial charge is 0.497 e. The number of amides is 2. The maximum Gasteiger partial charge on any atom is 0.318 e. The number of urea groups is 1. The van der Waals surface area contributed by atoms with Crippen LogP contribution >= 0.6 is 0 Å². The van der Waals surface area contributed by atoms with Crippen LogP contribution in [0.15, 0.2) is 42.5 Å². The Labute approximate surface area is 146 Å². The number of rotatable bonds is 4. The summed E-state index contributed by atoms with van der Waals surface area (Å²) in [5.41, 5.74) is 2.74. The first-order valence-corrected chi connectivity index (χ1v) is 8.19. The van der Waals surface area contributed by atoms with Gasteiger partial charge in [-0.15, -0.1) is 0 Å². The molecule has 1 unspecified atom stereocenters. The molecule has 1 atom stereocenters. The molecule has 2 aromatic rings. The Morgan fingerprint density at radius 1 is 1.36 bits per heavy atom. The Morgan fingerprint density at radius 2 is 2.16 bits per heavy atom. The predicted octanol–water partition coefficient (Wildman–Crippen LogP) is 2.64. The van der Waals surface area contributed by atoms with E-state index in [0.29, 0.717) is 17.9 Å². The lowest BCUT2D eigenvalue weighted by Gasteiger charge is -2.36. The Balaban J connectivity index is 1.70. The van der Waals surface area contributed by atoms with E-state index in [2.05, 4.69) is 5.32 Å². The van der Waals surface area contributed by atoms with Crippen LogP contribution < -0.4 is 10.1 Å². The summed E-state index contributed by atoms with van der Waals surface area (Å²) in [4.78, 5) is 14.2. The molecule has 3 rings (SSSR count). The van der Waals surface area contributed by atoms with Gasteiger partial charge in [-0.05, 0) is 35.2 Å². The average molecular weight is 344 g/mol. The Morgan fingerprint density at radius 3 is 2.92 bits per heavy atom. The van der Waals surface area contributed by atoms with Crippen LogP contribution in [-0.4, -0.2) is 36.3 Å². The van der Waals surface area contributed by atoms with E-state index in [-0.39, 0.29) is 25.2 Å². The van der Waals surface area contributed by atoms with Crippen molar-refractivity contribution in [1.82, 2.24) is 10.2 Å². The van der Waals surface area contributed by atoms with E-state index in [0.717, 1.165) is 17.5 Å². The molecule has 2 N–H and O–H groups in total. The van der Waals surface area contributed by atoms with Gasteiger partial charge in [0, 0.05) is 19.2 Å². The molecule has 1 heterocycles. The molecule has 1 aliphatic rings. The topological polar surface area (TPSA) is 61.8 Å². The highest BCUT2D eigenvalue weighted by molar-refractivity contribution is 5.75. The van der Waals surface area contributed by atoms with Crippen LogP contribution in [-0.2, 0) is 13.0 Å². The highest BCUT2D eigenvalue weighted by atomic mass is 19.1. The van der Waals surface area contributed by atoms with Gasteiger partial charge >= 0.3 is 6.03 Å². The van der Waals surface area contributed by atoms with Gasteiger partial charge in [0.05, 0.1) is 19.8 Å². The van der Waals surface area contributed by atoms with E-state index in [1.807, 2.05) is 24.3 Å². The summed E-state index contributed by atoms with van der Waals surface area (Å²) >= 11 is 0. The Hall–Kier alpha value is -2.60. The third kappa shape index (κ3) is 3.74. The van der Waals surface area contributed by atoms with Crippen LogP contribution in [0.4, 0.5) is 9.18 Å². The molecule has 132 valence electrons. The maximum atomic E-state index is 13.5. The van der Waals surface area contributed by atoms with E-state index < -0.39 is 5.82 Å². The standard InChI is InChI=1S/C19H21FN2O3/c1-25-16-9-13(8-15(20)10-16)11-21-19(24)22-7-6-14-4-2-3-5-17(14)18(22)12-23/h2-5,8-10,18,23H,6-7,11-12H2,1H3,(H,21,24). The van der Waals surface area contributed by atoms with E-state index in [1.54, 1.807) is 11.0 Å². The average Bonchev–Trinajstić information content (AvgIpc) is 2.64. The van der Waals surface area contributed by atoms with Gasteiger partial charge in [0.2, 0.25) is 0 Å². The fraction of sp³-hybridized carbons (Fsp3) is 0.316. The number of nitrogens with zero attached hydrogens (tertiary/aromatic N) is 1. The van der Waals surface area contributed by atoms with Crippen molar-refractivity contribution < 1.29 is 19.0 Å². The number of hydrogen-bond donors (Lipinski definition) is 2. The van der Waals surface area contributed by atoms with Gasteiger partial charge in [0.15, 0.2) is 0 Å². The summed E-state index contributed by atoms with van der Waals surface area (Å²) in [5.74, 6) is -0.00637. The summed E-state index contributed by atoms with van der Waals surface area (Å²) in [5, 5.41) is 12.6. The van der Waals surface area contributed by atoms with Crippen molar-refractivity contribution >= 4 is 6.03 Å². The lowest BCUT2D eigenvalue weighted by molar-refractivity contribution is 0.126. The molecule has 2 amide bonds. The number of halogens is 1. The predicted molar refractivity (Wildman–Crippen MR) is 91.9 cm³/mol. The number of hydrogen-bond acceptors (Lipinski definition) is 3. The fourth-order valence-electron chi connectivity index (χ4n) is 3.21. The van der Waals surface area contributed by atoms with Crippen molar-refractivity contribution in [2.45, 2.75) is 19.0 Å². The molecular weight excluding hydrogens is 323 g/mol. The molecule has 0 aliphatic carbocycles. The molecule has 0 bridgehead atoms. The third-order valence-electron chi connectivity index (χ3n) is 4.46. The van der Waals surface area contributed by atoms with Crippen LogP contribution in [0.5, 0.6) is 5.75 Å². The number of benzene rings is 2. The van der Waals surface area contributed by atoms with E-state index >= 15 is 0 Å². The number of carbonyl (C=O) groups is 1. The first-order chi connectivity index (χ1) is 12.1. The van der Waals surface area contributed by atoms with Crippen molar-refractivity contribution in [2.75, 3.05) is 20.3 Å². The number of methoxy groups -OCH3 is 1. The number of nitrogens with one attached hydrogen (secondary N) is 1. The van der Waals surface area contributed by atoms with Gasteiger partial charge in [-0.25, -0.2) is 9.18 Å². The summed E-state index contributed by atoms with van der Waals surface area (Å²) in [6, 6.07) is 11.5. The molecule has 0 saturated carbocycles. The number of aliphatic hydroxyl groups excluding tert-OH is 1. The number of ether oxygens (including phenoxy) is 1. The number of carbonyl (C=O) groups excluding carboxylic acids is 1. The second-order valence-corrected chi connectivity index (χ2v) is 6.00. The van der Waals surface area contributed by atoms with Crippen molar-refractivity contribution in [3.05, 3.63) is 65.0 Å². The molecule has 5 nitrogen and oxygen atoms in total. The second kappa shape index (κ2) is 7.53. The molecule has 1 aliphatic heterocycles. The zero-order valence-corrected chi connectivity index (χ0v) is 14.0. The molecule has 0 fully saturated rings. The maximum absolute atomic E-state index is 13.5. The van der Waals surface area contributed by atoms with Crippen molar-refractivity contribution in [1.29, 1.82) is 0 Å². The molecule has 0 aromatic heterocycles. The highest BCUT2D eigenvalue weighted by Crippen LogP contribution is 2.29. The van der Waals surface area contributed by atoms with Gasteiger partial charge in [0.25, 0.3) is 0 Å². The van der Waals surface area contributed by atoms with Gasteiger partial charge in [0.1, 0.15) is 11.6 Å². The minimum Gasteiger partial charge on any atom is -0.497 e. The van der Waals surface area contributed by atoms with Crippen LogP contribution in [0, 0.1) is 5.82 Å².